The van der Waals surface area contributed by atoms with E-state index in [4.69, 9.17) is 37.4 Å². The standard InChI is InChI=1S/C19H15Cl2NO3/c20-14-11-15(21)13-18(12-14)25-17-6-4-16(5-7-17)23-9-10-24-19-3-1-2-8-22-19/h1-8,11-13H,9-10H2. The summed E-state index contributed by atoms with van der Waals surface area (Å²) in [5.41, 5.74) is 0. The Morgan fingerprint density at radius 1 is 0.720 bits per heavy atom. The Labute approximate surface area is 155 Å². The summed E-state index contributed by atoms with van der Waals surface area (Å²) < 4.78 is 16.8. The largest absolute Gasteiger partial charge is 0.490 e. The van der Waals surface area contributed by atoms with Crippen molar-refractivity contribution in [1.82, 2.24) is 4.98 Å². The maximum absolute atomic E-state index is 5.96. The van der Waals surface area contributed by atoms with E-state index in [9.17, 15) is 0 Å². The van der Waals surface area contributed by atoms with E-state index in [-0.39, 0.29) is 0 Å². The molecule has 0 saturated carbocycles. The zero-order valence-corrected chi connectivity index (χ0v) is 14.7. The molecule has 0 fully saturated rings. The first-order valence-corrected chi connectivity index (χ1v) is 8.35. The lowest BCUT2D eigenvalue weighted by Gasteiger charge is -2.09. The van der Waals surface area contributed by atoms with Crippen LogP contribution in [0, 0.1) is 0 Å². The second-order valence-electron chi connectivity index (χ2n) is 5.04. The van der Waals surface area contributed by atoms with Crippen LogP contribution in [0.15, 0.2) is 66.9 Å². The maximum atomic E-state index is 5.96. The molecule has 3 aromatic rings. The van der Waals surface area contributed by atoms with Crippen molar-refractivity contribution in [2.45, 2.75) is 0 Å². The molecule has 0 amide bonds. The van der Waals surface area contributed by atoms with Crippen LogP contribution >= 0.6 is 23.2 Å². The van der Waals surface area contributed by atoms with Gasteiger partial charge in [0.2, 0.25) is 5.88 Å². The van der Waals surface area contributed by atoms with Crippen molar-refractivity contribution in [3.63, 3.8) is 0 Å². The number of halogens is 2. The van der Waals surface area contributed by atoms with Crippen molar-refractivity contribution in [2.24, 2.45) is 0 Å². The van der Waals surface area contributed by atoms with Crippen LogP contribution in [0.3, 0.4) is 0 Å². The Morgan fingerprint density at radius 3 is 2.08 bits per heavy atom. The minimum Gasteiger partial charge on any atom is -0.490 e. The van der Waals surface area contributed by atoms with E-state index < -0.39 is 0 Å². The van der Waals surface area contributed by atoms with Crippen LogP contribution in [0.2, 0.25) is 10.0 Å². The van der Waals surface area contributed by atoms with E-state index in [0.29, 0.717) is 40.6 Å². The van der Waals surface area contributed by atoms with Crippen molar-refractivity contribution in [3.8, 4) is 23.1 Å². The molecule has 0 saturated heterocycles. The van der Waals surface area contributed by atoms with Gasteiger partial charge in [-0.3, -0.25) is 0 Å². The monoisotopic (exact) mass is 375 g/mol. The lowest BCUT2D eigenvalue weighted by molar-refractivity contribution is 0.212. The summed E-state index contributed by atoms with van der Waals surface area (Å²) in [6.07, 6.45) is 1.68. The summed E-state index contributed by atoms with van der Waals surface area (Å²) in [5.74, 6) is 2.54. The smallest absolute Gasteiger partial charge is 0.213 e. The molecule has 3 rings (SSSR count). The SMILES string of the molecule is Clc1cc(Cl)cc(Oc2ccc(OCCOc3ccccn3)cc2)c1. The van der Waals surface area contributed by atoms with Gasteiger partial charge in [-0.25, -0.2) is 4.98 Å². The number of rotatable bonds is 7. The molecule has 2 aromatic carbocycles. The van der Waals surface area contributed by atoms with Gasteiger partial charge in [-0.2, -0.15) is 0 Å². The lowest BCUT2D eigenvalue weighted by Crippen LogP contribution is -2.09. The molecule has 0 aliphatic carbocycles. The average molecular weight is 376 g/mol. The summed E-state index contributed by atoms with van der Waals surface area (Å²) in [6, 6.07) is 17.8. The fourth-order valence-electron chi connectivity index (χ4n) is 2.07. The molecule has 0 unspecified atom stereocenters. The summed E-state index contributed by atoms with van der Waals surface area (Å²) >= 11 is 11.9. The van der Waals surface area contributed by atoms with E-state index in [1.807, 2.05) is 36.4 Å². The first-order chi connectivity index (χ1) is 12.2. The molecule has 0 aliphatic heterocycles. The van der Waals surface area contributed by atoms with Crippen LogP contribution in [-0.2, 0) is 0 Å². The molecule has 4 nitrogen and oxygen atoms in total. The Balaban J connectivity index is 1.48. The molecule has 0 N–H and O–H groups in total. The van der Waals surface area contributed by atoms with Crippen LogP contribution in [0.1, 0.15) is 0 Å². The van der Waals surface area contributed by atoms with Crippen LogP contribution in [0.5, 0.6) is 23.1 Å². The minimum atomic E-state index is 0.413. The third-order valence-electron chi connectivity index (χ3n) is 3.14. The predicted molar refractivity (Wildman–Crippen MR) is 98.2 cm³/mol. The topological polar surface area (TPSA) is 40.6 Å². The normalized spacial score (nSPS) is 10.3. The van der Waals surface area contributed by atoms with Gasteiger partial charge in [0.15, 0.2) is 0 Å². The number of pyridine rings is 1. The van der Waals surface area contributed by atoms with Gasteiger partial charge in [-0.05, 0) is 48.5 Å². The molecule has 0 radical (unpaired) electrons. The summed E-state index contributed by atoms with van der Waals surface area (Å²) in [4.78, 5) is 4.07. The average Bonchev–Trinajstić information content (AvgIpc) is 2.60. The zero-order valence-electron chi connectivity index (χ0n) is 13.2. The number of hydrogen-bond acceptors (Lipinski definition) is 4. The molecular weight excluding hydrogens is 361 g/mol. The highest BCUT2D eigenvalue weighted by molar-refractivity contribution is 6.34. The van der Waals surface area contributed by atoms with Crippen molar-refractivity contribution in [1.29, 1.82) is 0 Å². The molecule has 0 aliphatic rings. The van der Waals surface area contributed by atoms with E-state index in [2.05, 4.69) is 4.98 Å². The Morgan fingerprint density at radius 2 is 1.40 bits per heavy atom. The zero-order chi connectivity index (χ0) is 17.5. The Bertz CT molecular complexity index is 790. The van der Waals surface area contributed by atoms with Gasteiger partial charge in [0.1, 0.15) is 30.5 Å². The number of nitrogens with zero attached hydrogens (tertiary/aromatic N) is 1. The van der Waals surface area contributed by atoms with E-state index in [1.54, 1.807) is 30.5 Å². The first kappa shape index (κ1) is 17.4. The van der Waals surface area contributed by atoms with E-state index >= 15 is 0 Å². The molecule has 1 aromatic heterocycles. The van der Waals surface area contributed by atoms with Gasteiger partial charge in [-0.1, -0.05) is 29.3 Å². The molecule has 0 spiro atoms. The molecule has 0 atom stereocenters. The lowest BCUT2D eigenvalue weighted by atomic mass is 10.3. The van der Waals surface area contributed by atoms with Crippen molar-refractivity contribution >= 4 is 23.2 Å². The van der Waals surface area contributed by atoms with E-state index in [0.717, 1.165) is 5.75 Å². The maximum Gasteiger partial charge on any atom is 0.213 e. The van der Waals surface area contributed by atoms with Crippen molar-refractivity contribution < 1.29 is 14.2 Å². The third-order valence-corrected chi connectivity index (χ3v) is 3.57. The number of hydrogen-bond donors (Lipinski definition) is 0. The summed E-state index contributed by atoms with van der Waals surface area (Å²) in [7, 11) is 0. The Kier molecular flexibility index (Phi) is 5.99. The highest BCUT2D eigenvalue weighted by Crippen LogP contribution is 2.29. The summed E-state index contributed by atoms with van der Waals surface area (Å²) in [5, 5.41) is 1.05. The van der Waals surface area contributed by atoms with Gasteiger partial charge >= 0.3 is 0 Å². The second kappa shape index (κ2) is 8.60. The van der Waals surface area contributed by atoms with Crippen LogP contribution in [0.25, 0.3) is 0 Å². The molecular formula is C19H15Cl2NO3. The molecule has 25 heavy (non-hydrogen) atoms. The van der Waals surface area contributed by atoms with Crippen LogP contribution < -0.4 is 14.2 Å². The first-order valence-electron chi connectivity index (χ1n) is 7.60. The third kappa shape index (κ3) is 5.55. The van der Waals surface area contributed by atoms with Crippen molar-refractivity contribution in [2.75, 3.05) is 13.2 Å². The molecule has 6 heteroatoms. The minimum absolute atomic E-state index is 0.413. The second-order valence-corrected chi connectivity index (χ2v) is 5.92. The van der Waals surface area contributed by atoms with Crippen LogP contribution in [0.4, 0.5) is 0 Å². The van der Waals surface area contributed by atoms with Gasteiger partial charge in [0.25, 0.3) is 0 Å². The number of benzene rings is 2. The highest BCUT2D eigenvalue weighted by atomic mass is 35.5. The molecule has 1 heterocycles. The molecule has 128 valence electrons. The quantitative estimate of drug-likeness (QED) is 0.501. The van der Waals surface area contributed by atoms with Gasteiger partial charge in [-0.15, -0.1) is 0 Å². The predicted octanol–water partition coefficient (Wildman–Crippen LogP) is 5.64. The van der Waals surface area contributed by atoms with E-state index in [1.165, 1.54) is 0 Å². The highest BCUT2D eigenvalue weighted by Gasteiger charge is 2.02. The fourth-order valence-corrected chi connectivity index (χ4v) is 2.57. The number of aromatic nitrogens is 1. The van der Waals surface area contributed by atoms with Gasteiger partial charge in [0.05, 0.1) is 0 Å². The Hall–Kier alpha value is -2.43. The summed E-state index contributed by atoms with van der Waals surface area (Å²) in [6.45, 7) is 0.830. The van der Waals surface area contributed by atoms with Gasteiger partial charge in [0, 0.05) is 22.3 Å². The van der Waals surface area contributed by atoms with Crippen molar-refractivity contribution in [3.05, 3.63) is 76.9 Å². The fraction of sp³-hybridized carbons (Fsp3) is 0.105. The molecule has 0 bridgehead atoms. The number of ether oxygens (including phenoxy) is 3. The van der Waals surface area contributed by atoms with Gasteiger partial charge < -0.3 is 14.2 Å². The van der Waals surface area contributed by atoms with Crippen LogP contribution in [-0.4, -0.2) is 18.2 Å².